The van der Waals surface area contributed by atoms with E-state index in [0.29, 0.717) is 18.0 Å². The molecule has 1 fully saturated rings. The zero-order valence-corrected chi connectivity index (χ0v) is 13.3. The lowest BCUT2D eigenvalue weighted by atomic mass is 9.65. The van der Waals surface area contributed by atoms with Crippen molar-refractivity contribution in [3.8, 4) is 0 Å². The van der Waals surface area contributed by atoms with Crippen LogP contribution in [0.4, 0.5) is 0 Å². The summed E-state index contributed by atoms with van der Waals surface area (Å²) in [5.41, 5.74) is 6.61. The summed E-state index contributed by atoms with van der Waals surface area (Å²) >= 11 is 0. The number of rotatable bonds is 7. The molecule has 114 valence electrons. The molecule has 3 nitrogen and oxygen atoms in total. The average molecular weight is 270 g/mol. The van der Waals surface area contributed by atoms with Crippen LogP contribution < -0.4 is 11.1 Å². The molecule has 0 aliphatic heterocycles. The molecular weight excluding hydrogens is 236 g/mol. The standard InChI is InChI=1S/C16H34N2O/c1-5-15(3,4)14-6-9-16(12-17,10-7-14)18-13(2)8-11-19/h13-14,18-19H,5-12,17H2,1-4H3. The van der Waals surface area contributed by atoms with E-state index in [4.69, 9.17) is 10.8 Å². The van der Waals surface area contributed by atoms with E-state index in [1.165, 1.54) is 32.1 Å². The molecule has 1 saturated carbocycles. The Bertz CT molecular complexity index is 257. The summed E-state index contributed by atoms with van der Waals surface area (Å²) in [7, 11) is 0. The van der Waals surface area contributed by atoms with Crippen molar-refractivity contribution >= 4 is 0 Å². The molecule has 0 bridgehead atoms. The van der Waals surface area contributed by atoms with Crippen LogP contribution in [0.5, 0.6) is 0 Å². The van der Waals surface area contributed by atoms with E-state index in [1.807, 2.05) is 0 Å². The summed E-state index contributed by atoms with van der Waals surface area (Å²) in [6.07, 6.45) is 6.96. The highest BCUT2D eigenvalue weighted by Gasteiger charge is 2.39. The van der Waals surface area contributed by atoms with Crippen LogP contribution in [0, 0.1) is 11.3 Å². The molecule has 0 saturated heterocycles. The molecule has 1 unspecified atom stereocenters. The topological polar surface area (TPSA) is 58.3 Å². The van der Waals surface area contributed by atoms with Crippen LogP contribution >= 0.6 is 0 Å². The number of nitrogens with one attached hydrogen (secondary N) is 1. The van der Waals surface area contributed by atoms with Crippen molar-refractivity contribution in [3.63, 3.8) is 0 Å². The lowest BCUT2D eigenvalue weighted by Gasteiger charge is -2.46. The van der Waals surface area contributed by atoms with Crippen molar-refractivity contribution in [2.75, 3.05) is 13.2 Å². The van der Waals surface area contributed by atoms with Gasteiger partial charge in [0.25, 0.3) is 0 Å². The Morgan fingerprint density at radius 3 is 2.37 bits per heavy atom. The number of aliphatic hydroxyl groups excluding tert-OH is 1. The highest BCUT2D eigenvalue weighted by molar-refractivity contribution is 4.97. The van der Waals surface area contributed by atoms with Gasteiger partial charge in [-0.1, -0.05) is 27.2 Å². The molecule has 1 aliphatic carbocycles. The second-order valence-corrected chi connectivity index (χ2v) is 7.16. The summed E-state index contributed by atoms with van der Waals surface area (Å²) in [4.78, 5) is 0. The van der Waals surface area contributed by atoms with Crippen molar-refractivity contribution in [3.05, 3.63) is 0 Å². The van der Waals surface area contributed by atoms with Gasteiger partial charge in [-0.05, 0) is 50.4 Å². The van der Waals surface area contributed by atoms with Crippen molar-refractivity contribution in [2.45, 2.75) is 77.8 Å². The quantitative estimate of drug-likeness (QED) is 0.666. The Balaban J connectivity index is 2.57. The molecular formula is C16H34N2O. The lowest BCUT2D eigenvalue weighted by Crippen LogP contribution is -2.57. The number of nitrogens with two attached hydrogens (primary N) is 1. The maximum atomic E-state index is 9.03. The second-order valence-electron chi connectivity index (χ2n) is 7.16. The zero-order valence-electron chi connectivity index (χ0n) is 13.3. The first-order valence-electron chi connectivity index (χ1n) is 7.98. The number of aliphatic hydroxyl groups is 1. The molecule has 1 rings (SSSR count). The summed E-state index contributed by atoms with van der Waals surface area (Å²) in [5.74, 6) is 0.826. The van der Waals surface area contributed by atoms with Gasteiger partial charge in [-0.2, -0.15) is 0 Å². The van der Waals surface area contributed by atoms with Crippen LogP contribution in [-0.2, 0) is 0 Å². The fourth-order valence-electron chi connectivity index (χ4n) is 3.44. The van der Waals surface area contributed by atoms with Crippen molar-refractivity contribution in [1.29, 1.82) is 0 Å². The molecule has 0 aromatic carbocycles. The van der Waals surface area contributed by atoms with Gasteiger partial charge in [0, 0.05) is 24.7 Å². The molecule has 0 aromatic heterocycles. The van der Waals surface area contributed by atoms with Crippen LogP contribution in [0.3, 0.4) is 0 Å². The minimum atomic E-state index is 0.106. The predicted octanol–water partition coefficient (Wildman–Crippen LogP) is 2.67. The van der Waals surface area contributed by atoms with E-state index >= 15 is 0 Å². The van der Waals surface area contributed by atoms with Gasteiger partial charge in [0.1, 0.15) is 0 Å². The highest BCUT2D eigenvalue weighted by atomic mass is 16.3. The third kappa shape index (κ3) is 4.44. The van der Waals surface area contributed by atoms with Crippen LogP contribution in [-0.4, -0.2) is 29.8 Å². The Hall–Kier alpha value is -0.120. The van der Waals surface area contributed by atoms with E-state index in [-0.39, 0.29) is 12.1 Å². The molecule has 19 heavy (non-hydrogen) atoms. The minimum Gasteiger partial charge on any atom is -0.396 e. The number of hydrogen-bond acceptors (Lipinski definition) is 3. The maximum absolute atomic E-state index is 9.03. The third-order valence-corrected chi connectivity index (χ3v) is 5.46. The maximum Gasteiger partial charge on any atom is 0.0445 e. The second kappa shape index (κ2) is 7.05. The summed E-state index contributed by atoms with van der Waals surface area (Å²) in [5, 5.41) is 12.7. The molecule has 4 N–H and O–H groups in total. The van der Waals surface area contributed by atoms with E-state index in [2.05, 4.69) is 33.0 Å². The van der Waals surface area contributed by atoms with Gasteiger partial charge < -0.3 is 16.2 Å². The highest BCUT2D eigenvalue weighted by Crippen LogP contribution is 2.43. The van der Waals surface area contributed by atoms with Gasteiger partial charge in [-0.15, -0.1) is 0 Å². The summed E-state index contributed by atoms with van der Waals surface area (Å²) in [6, 6.07) is 0.351. The molecule has 1 aliphatic rings. The van der Waals surface area contributed by atoms with E-state index < -0.39 is 0 Å². The van der Waals surface area contributed by atoms with Crippen LogP contribution in [0.15, 0.2) is 0 Å². The largest absolute Gasteiger partial charge is 0.396 e. The van der Waals surface area contributed by atoms with Gasteiger partial charge in [-0.3, -0.25) is 0 Å². The Kier molecular flexibility index (Phi) is 6.28. The molecule has 1 atom stereocenters. The first-order valence-corrected chi connectivity index (χ1v) is 7.98. The van der Waals surface area contributed by atoms with Crippen molar-refractivity contribution < 1.29 is 5.11 Å². The summed E-state index contributed by atoms with van der Waals surface area (Å²) in [6.45, 7) is 10.2. The molecule has 0 heterocycles. The minimum absolute atomic E-state index is 0.106. The van der Waals surface area contributed by atoms with Gasteiger partial charge in [-0.25, -0.2) is 0 Å². The van der Waals surface area contributed by atoms with Crippen LogP contribution in [0.2, 0.25) is 0 Å². The third-order valence-electron chi connectivity index (χ3n) is 5.46. The lowest BCUT2D eigenvalue weighted by molar-refractivity contribution is 0.0941. The first kappa shape index (κ1) is 16.9. The van der Waals surface area contributed by atoms with Crippen molar-refractivity contribution in [2.24, 2.45) is 17.1 Å². The molecule has 0 spiro atoms. The van der Waals surface area contributed by atoms with Crippen LogP contribution in [0.1, 0.15) is 66.2 Å². The van der Waals surface area contributed by atoms with Crippen LogP contribution in [0.25, 0.3) is 0 Å². The predicted molar refractivity (Wildman–Crippen MR) is 82.1 cm³/mol. The SMILES string of the molecule is CCC(C)(C)C1CCC(CN)(NC(C)CCO)CC1. The average Bonchev–Trinajstić information content (AvgIpc) is 2.39. The van der Waals surface area contributed by atoms with Gasteiger partial charge in [0.15, 0.2) is 0 Å². The monoisotopic (exact) mass is 270 g/mol. The van der Waals surface area contributed by atoms with E-state index in [9.17, 15) is 0 Å². The Morgan fingerprint density at radius 2 is 1.95 bits per heavy atom. The van der Waals surface area contributed by atoms with Gasteiger partial charge in [0.2, 0.25) is 0 Å². The Labute approximate surface area is 119 Å². The molecule has 3 heteroatoms. The van der Waals surface area contributed by atoms with Gasteiger partial charge >= 0.3 is 0 Å². The normalized spacial score (nSPS) is 30.3. The van der Waals surface area contributed by atoms with Gasteiger partial charge in [0.05, 0.1) is 0 Å². The van der Waals surface area contributed by atoms with Crippen molar-refractivity contribution in [1.82, 2.24) is 5.32 Å². The van der Waals surface area contributed by atoms with E-state index in [0.717, 1.165) is 12.3 Å². The fraction of sp³-hybridized carbons (Fsp3) is 1.00. The first-order chi connectivity index (χ1) is 8.89. The summed E-state index contributed by atoms with van der Waals surface area (Å²) < 4.78 is 0. The molecule has 0 radical (unpaired) electrons. The fourth-order valence-corrected chi connectivity index (χ4v) is 3.44. The molecule has 0 amide bonds. The Morgan fingerprint density at radius 1 is 1.37 bits per heavy atom. The smallest absolute Gasteiger partial charge is 0.0445 e. The number of hydrogen-bond donors (Lipinski definition) is 3. The molecule has 0 aromatic rings. The zero-order chi connectivity index (χ0) is 14.5. The van der Waals surface area contributed by atoms with E-state index in [1.54, 1.807) is 0 Å².